The minimum Gasteiger partial charge on any atom is -0.398 e. The molecule has 3 rings (SSSR count). The Kier molecular flexibility index (Phi) is 3.17. The third-order valence-electron chi connectivity index (χ3n) is 3.88. The number of amides is 1. The normalized spacial score (nSPS) is 18.4. The van der Waals surface area contributed by atoms with Crippen LogP contribution in [0, 0.1) is 17.7 Å². The molecule has 0 heterocycles. The van der Waals surface area contributed by atoms with Gasteiger partial charge in [-0.15, -0.1) is 0 Å². The van der Waals surface area contributed by atoms with Crippen LogP contribution >= 0.6 is 0 Å². The molecule has 3 nitrogen and oxygen atoms in total. The molecule has 2 saturated carbocycles. The number of hydrogen-bond acceptors (Lipinski definition) is 2. The van der Waals surface area contributed by atoms with E-state index >= 15 is 0 Å². The quantitative estimate of drug-likeness (QED) is 0.829. The summed E-state index contributed by atoms with van der Waals surface area (Å²) in [5.41, 5.74) is 6.48. The second-order valence-electron chi connectivity index (χ2n) is 5.83. The molecule has 0 unspecified atom stereocenters. The van der Waals surface area contributed by atoms with Crippen molar-refractivity contribution < 1.29 is 9.18 Å². The van der Waals surface area contributed by atoms with Crippen LogP contribution < -0.4 is 5.73 Å². The van der Waals surface area contributed by atoms with Crippen LogP contribution in [0.4, 0.5) is 10.1 Å². The predicted octanol–water partition coefficient (Wildman–Crippen LogP) is 2.67. The molecule has 1 aromatic rings. The fourth-order valence-corrected chi connectivity index (χ4v) is 2.35. The molecule has 0 aromatic heterocycles. The van der Waals surface area contributed by atoms with Crippen LogP contribution in [-0.2, 0) is 0 Å². The zero-order valence-electron chi connectivity index (χ0n) is 10.9. The Balaban J connectivity index is 1.78. The third-order valence-corrected chi connectivity index (χ3v) is 3.88. The predicted molar refractivity (Wildman–Crippen MR) is 72.2 cm³/mol. The highest BCUT2D eigenvalue weighted by Crippen LogP contribution is 2.34. The molecule has 0 atom stereocenters. The number of carbonyl (C=O) groups is 1. The van der Waals surface area contributed by atoms with E-state index in [4.69, 9.17) is 5.73 Å². The number of benzene rings is 1. The van der Waals surface area contributed by atoms with Crippen molar-refractivity contribution >= 4 is 11.6 Å². The van der Waals surface area contributed by atoms with Gasteiger partial charge in [0.25, 0.3) is 5.91 Å². The van der Waals surface area contributed by atoms with Crippen molar-refractivity contribution in [3.05, 3.63) is 29.6 Å². The summed E-state index contributed by atoms with van der Waals surface area (Å²) in [6.07, 6.45) is 4.81. The molecule has 0 bridgehead atoms. The van der Waals surface area contributed by atoms with Gasteiger partial charge < -0.3 is 10.6 Å². The van der Waals surface area contributed by atoms with Gasteiger partial charge >= 0.3 is 0 Å². The van der Waals surface area contributed by atoms with Crippen molar-refractivity contribution in [3.8, 4) is 0 Å². The van der Waals surface area contributed by atoms with E-state index in [0.29, 0.717) is 23.1 Å². The van der Waals surface area contributed by atoms with Gasteiger partial charge in [-0.2, -0.15) is 0 Å². The van der Waals surface area contributed by atoms with E-state index < -0.39 is 5.82 Å². The van der Waals surface area contributed by atoms with Gasteiger partial charge in [-0.25, -0.2) is 4.39 Å². The lowest BCUT2D eigenvalue weighted by molar-refractivity contribution is 0.0740. The maximum absolute atomic E-state index is 13.3. The zero-order valence-corrected chi connectivity index (χ0v) is 10.9. The van der Waals surface area contributed by atoms with Crippen LogP contribution in [0.2, 0.25) is 0 Å². The van der Waals surface area contributed by atoms with E-state index in [1.54, 1.807) is 0 Å². The topological polar surface area (TPSA) is 46.3 Å². The summed E-state index contributed by atoms with van der Waals surface area (Å²) in [6.45, 7) is 1.59. The first-order valence-corrected chi connectivity index (χ1v) is 6.98. The molecule has 2 fully saturated rings. The average Bonchev–Trinajstić information content (AvgIpc) is 3.25. The fourth-order valence-electron chi connectivity index (χ4n) is 2.35. The SMILES string of the molecule is Nc1ccc(F)cc1C(=O)N(CC1CC1)CC1CC1. The van der Waals surface area contributed by atoms with Crippen molar-refractivity contribution in [1.29, 1.82) is 0 Å². The molecule has 4 heteroatoms. The molecule has 2 aliphatic carbocycles. The highest BCUT2D eigenvalue weighted by atomic mass is 19.1. The van der Waals surface area contributed by atoms with E-state index in [1.165, 1.54) is 43.9 Å². The number of hydrogen-bond donors (Lipinski definition) is 1. The van der Waals surface area contributed by atoms with Gasteiger partial charge in [0.2, 0.25) is 0 Å². The van der Waals surface area contributed by atoms with Crippen LogP contribution in [0.25, 0.3) is 0 Å². The number of halogens is 1. The Bertz CT molecular complexity index is 481. The number of carbonyl (C=O) groups excluding carboxylic acids is 1. The lowest BCUT2D eigenvalue weighted by Crippen LogP contribution is -2.35. The van der Waals surface area contributed by atoms with Crippen molar-refractivity contribution in [2.45, 2.75) is 25.7 Å². The monoisotopic (exact) mass is 262 g/mol. The first-order valence-electron chi connectivity index (χ1n) is 6.98. The standard InChI is InChI=1S/C15H19FN2O/c16-12-5-6-14(17)13(7-12)15(19)18(8-10-1-2-10)9-11-3-4-11/h5-7,10-11H,1-4,8-9,17H2. The van der Waals surface area contributed by atoms with E-state index in [-0.39, 0.29) is 5.91 Å². The van der Waals surface area contributed by atoms with Gasteiger partial charge in [0.15, 0.2) is 0 Å². The first-order chi connectivity index (χ1) is 9.13. The molecule has 2 aliphatic rings. The number of anilines is 1. The summed E-state index contributed by atoms with van der Waals surface area (Å²) in [7, 11) is 0. The number of rotatable bonds is 5. The van der Waals surface area contributed by atoms with Gasteiger partial charge in [-0.3, -0.25) is 4.79 Å². The van der Waals surface area contributed by atoms with Gasteiger partial charge in [-0.1, -0.05) is 0 Å². The number of nitrogens with two attached hydrogens (primary N) is 1. The van der Waals surface area contributed by atoms with Crippen molar-refractivity contribution in [2.24, 2.45) is 11.8 Å². The summed E-state index contributed by atoms with van der Waals surface area (Å²) in [5, 5.41) is 0. The third kappa shape index (κ3) is 3.06. The van der Waals surface area contributed by atoms with Gasteiger partial charge in [-0.05, 0) is 55.7 Å². The Morgan fingerprint density at radius 1 is 1.21 bits per heavy atom. The summed E-state index contributed by atoms with van der Waals surface area (Å²) in [5.74, 6) is 0.751. The van der Waals surface area contributed by atoms with E-state index in [2.05, 4.69) is 0 Å². The zero-order chi connectivity index (χ0) is 13.4. The van der Waals surface area contributed by atoms with Crippen molar-refractivity contribution in [1.82, 2.24) is 4.90 Å². The minimum atomic E-state index is -0.407. The molecule has 102 valence electrons. The summed E-state index contributed by atoms with van der Waals surface area (Å²) >= 11 is 0. The molecule has 2 N–H and O–H groups in total. The lowest BCUT2D eigenvalue weighted by atomic mass is 10.1. The second-order valence-corrected chi connectivity index (χ2v) is 5.83. The van der Waals surface area contributed by atoms with Gasteiger partial charge in [0.05, 0.1) is 5.56 Å². The van der Waals surface area contributed by atoms with Gasteiger partial charge in [0.1, 0.15) is 5.82 Å². The van der Waals surface area contributed by atoms with Crippen LogP contribution in [-0.4, -0.2) is 23.9 Å². The first kappa shape index (κ1) is 12.5. The summed E-state index contributed by atoms with van der Waals surface area (Å²) in [4.78, 5) is 14.4. The number of nitrogen functional groups attached to an aromatic ring is 1. The Hall–Kier alpha value is -1.58. The average molecular weight is 262 g/mol. The van der Waals surface area contributed by atoms with E-state index in [9.17, 15) is 9.18 Å². The van der Waals surface area contributed by atoms with Crippen LogP contribution in [0.15, 0.2) is 18.2 Å². The summed E-state index contributed by atoms with van der Waals surface area (Å²) in [6, 6.07) is 4.01. The fraction of sp³-hybridized carbons (Fsp3) is 0.533. The van der Waals surface area contributed by atoms with Crippen LogP contribution in [0.1, 0.15) is 36.0 Å². The van der Waals surface area contributed by atoms with Gasteiger partial charge in [0, 0.05) is 18.8 Å². The molecular formula is C15H19FN2O. The number of nitrogens with zero attached hydrogens (tertiary/aromatic N) is 1. The van der Waals surface area contributed by atoms with Crippen LogP contribution in [0.5, 0.6) is 0 Å². The van der Waals surface area contributed by atoms with E-state index in [0.717, 1.165) is 13.1 Å². The maximum Gasteiger partial charge on any atom is 0.256 e. The molecular weight excluding hydrogens is 243 g/mol. The summed E-state index contributed by atoms with van der Waals surface area (Å²) < 4.78 is 13.3. The Morgan fingerprint density at radius 2 is 1.79 bits per heavy atom. The van der Waals surface area contributed by atoms with Crippen molar-refractivity contribution in [3.63, 3.8) is 0 Å². The molecule has 1 amide bonds. The molecule has 0 aliphatic heterocycles. The Morgan fingerprint density at radius 3 is 2.32 bits per heavy atom. The molecule has 1 aromatic carbocycles. The van der Waals surface area contributed by atoms with Crippen LogP contribution in [0.3, 0.4) is 0 Å². The molecule has 0 spiro atoms. The molecule has 0 radical (unpaired) electrons. The minimum absolute atomic E-state index is 0.115. The lowest BCUT2D eigenvalue weighted by Gasteiger charge is -2.23. The smallest absolute Gasteiger partial charge is 0.256 e. The molecule has 0 saturated heterocycles. The van der Waals surface area contributed by atoms with E-state index in [1.807, 2.05) is 4.90 Å². The Labute approximate surface area is 112 Å². The van der Waals surface area contributed by atoms with Crippen molar-refractivity contribution in [2.75, 3.05) is 18.8 Å². The largest absolute Gasteiger partial charge is 0.398 e. The highest BCUT2D eigenvalue weighted by molar-refractivity contribution is 5.99. The highest BCUT2D eigenvalue weighted by Gasteiger charge is 2.32. The molecule has 19 heavy (non-hydrogen) atoms. The maximum atomic E-state index is 13.3. The second kappa shape index (κ2) is 4.83.